The molecule has 0 bridgehead atoms. The lowest BCUT2D eigenvalue weighted by atomic mass is 10.2. The van der Waals surface area contributed by atoms with Gasteiger partial charge in [-0.1, -0.05) is 25.1 Å². The van der Waals surface area contributed by atoms with E-state index >= 15 is 0 Å². The third-order valence-corrected chi connectivity index (χ3v) is 5.01. The number of thiophene rings is 1. The van der Waals surface area contributed by atoms with Crippen LogP contribution in [0.5, 0.6) is 0 Å². The molecule has 3 aromatic heterocycles. The van der Waals surface area contributed by atoms with Gasteiger partial charge in [-0.3, -0.25) is 9.36 Å². The van der Waals surface area contributed by atoms with Gasteiger partial charge in [0.1, 0.15) is 10.5 Å². The Morgan fingerprint density at radius 1 is 1.20 bits per heavy atom. The number of halogens is 1. The molecule has 6 nitrogen and oxygen atoms in total. The molecule has 0 saturated carbocycles. The summed E-state index contributed by atoms with van der Waals surface area (Å²) in [5.74, 6) is -0.0998. The maximum atomic E-state index is 13.9. The molecule has 0 radical (unpaired) electrons. The Kier molecular flexibility index (Phi) is 3.76. The first-order valence-corrected chi connectivity index (χ1v) is 8.82. The summed E-state index contributed by atoms with van der Waals surface area (Å²) < 4.78 is 18.6. The second-order valence-electron chi connectivity index (χ2n) is 5.76. The quantitative estimate of drug-likeness (QED) is 0.563. The van der Waals surface area contributed by atoms with Crippen molar-refractivity contribution in [2.75, 3.05) is 0 Å². The molecule has 0 unspecified atom stereocenters. The van der Waals surface area contributed by atoms with Crippen LogP contribution in [0.4, 0.5) is 4.39 Å². The van der Waals surface area contributed by atoms with Gasteiger partial charge in [-0.05, 0) is 23.9 Å². The summed E-state index contributed by atoms with van der Waals surface area (Å²) in [6.07, 6.45) is 0.737. The lowest BCUT2D eigenvalue weighted by molar-refractivity contribution is 0.577. The number of benzene rings is 1. The van der Waals surface area contributed by atoms with E-state index in [0.717, 1.165) is 6.42 Å². The van der Waals surface area contributed by atoms with E-state index < -0.39 is 5.82 Å². The van der Waals surface area contributed by atoms with Crippen LogP contribution < -0.4 is 11.2 Å². The molecule has 0 amide bonds. The minimum atomic E-state index is -0.391. The Morgan fingerprint density at radius 3 is 2.76 bits per heavy atom. The van der Waals surface area contributed by atoms with Gasteiger partial charge in [-0.25, -0.2) is 18.3 Å². The van der Waals surface area contributed by atoms with Gasteiger partial charge in [-0.2, -0.15) is 0 Å². The first kappa shape index (κ1) is 15.8. The van der Waals surface area contributed by atoms with Gasteiger partial charge in [0.15, 0.2) is 0 Å². The number of nitrogens with zero attached hydrogens (tertiary/aromatic N) is 4. The summed E-state index contributed by atoms with van der Waals surface area (Å²) in [5, 5.41) is 6.11. The SMILES string of the molecule is CCCn1c(=O)c2sccc2n2c(=O)n(Cc3ccccc3F)nc12. The van der Waals surface area contributed by atoms with Crippen molar-refractivity contribution in [2.45, 2.75) is 26.4 Å². The van der Waals surface area contributed by atoms with Crippen molar-refractivity contribution in [1.82, 2.24) is 18.7 Å². The van der Waals surface area contributed by atoms with Crippen molar-refractivity contribution < 1.29 is 4.39 Å². The standard InChI is InChI=1S/C17H15FN4O2S/c1-2-8-20-15(23)14-13(7-9-25-14)22-16(20)19-21(17(22)24)10-11-5-3-4-6-12(11)18/h3-7,9H,2,8,10H2,1H3. The molecular weight excluding hydrogens is 343 g/mol. The Labute approximate surface area is 145 Å². The number of fused-ring (bicyclic) bond motifs is 3. The minimum Gasteiger partial charge on any atom is -0.276 e. The van der Waals surface area contributed by atoms with E-state index in [1.807, 2.05) is 6.92 Å². The molecule has 0 saturated heterocycles. The van der Waals surface area contributed by atoms with Crippen LogP contribution in [0, 0.1) is 5.82 Å². The second kappa shape index (κ2) is 5.96. The van der Waals surface area contributed by atoms with Crippen LogP contribution in [-0.4, -0.2) is 18.7 Å². The van der Waals surface area contributed by atoms with Crippen LogP contribution in [0.3, 0.4) is 0 Å². The molecule has 0 aliphatic carbocycles. The van der Waals surface area contributed by atoms with Gasteiger partial charge < -0.3 is 0 Å². The first-order chi connectivity index (χ1) is 12.1. The van der Waals surface area contributed by atoms with Crippen LogP contribution in [0.15, 0.2) is 45.3 Å². The van der Waals surface area contributed by atoms with Crippen molar-refractivity contribution >= 4 is 27.3 Å². The fourth-order valence-electron chi connectivity index (χ4n) is 2.95. The highest BCUT2D eigenvalue weighted by Gasteiger charge is 2.18. The van der Waals surface area contributed by atoms with E-state index in [4.69, 9.17) is 0 Å². The molecule has 0 N–H and O–H groups in total. The molecule has 8 heteroatoms. The fraction of sp³-hybridized carbons (Fsp3) is 0.235. The van der Waals surface area contributed by atoms with E-state index in [2.05, 4.69) is 5.10 Å². The Hall–Kier alpha value is -2.74. The molecule has 128 valence electrons. The van der Waals surface area contributed by atoms with Gasteiger partial charge >= 0.3 is 5.69 Å². The van der Waals surface area contributed by atoms with Gasteiger partial charge in [0.2, 0.25) is 5.78 Å². The molecule has 0 aliphatic heterocycles. The lowest BCUT2D eigenvalue weighted by Crippen LogP contribution is -2.25. The van der Waals surface area contributed by atoms with Crippen molar-refractivity contribution in [3.05, 3.63) is 67.9 Å². The van der Waals surface area contributed by atoms with Gasteiger partial charge in [0.25, 0.3) is 5.56 Å². The predicted molar refractivity (Wildman–Crippen MR) is 94.9 cm³/mol. The van der Waals surface area contributed by atoms with E-state index in [9.17, 15) is 14.0 Å². The van der Waals surface area contributed by atoms with Crippen molar-refractivity contribution in [1.29, 1.82) is 0 Å². The minimum absolute atomic E-state index is 0.0130. The number of aromatic nitrogens is 4. The first-order valence-electron chi connectivity index (χ1n) is 7.94. The zero-order valence-electron chi connectivity index (χ0n) is 13.5. The monoisotopic (exact) mass is 358 g/mol. The van der Waals surface area contributed by atoms with Gasteiger partial charge in [0, 0.05) is 12.1 Å². The molecule has 25 heavy (non-hydrogen) atoms. The number of hydrogen-bond donors (Lipinski definition) is 0. The molecule has 3 heterocycles. The second-order valence-corrected chi connectivity index (χ2v) is 6.67. The summed E-state index contributed by atoms with van der Waals surface area (Å²) in [5.41, 5.74) is 0.384. The molecule has 4 rings (SSSR count). The topological polar surface area (TPSA) is 61.3 Å². The summed E-state index contributed by atoms with van der Waals surface area (Å²) in [6.45, 7) is 2.43. The maximum absolute atomic E-state index is 13.9. The van der Waals surface area contributed by atoms with Gasteiger partial charge in [-0.15, -0.1) is 16.4 Å². The Morgan fingerprint density at radius 2 is 2.00 bits per heavy atom. The van der Waals surface area contributed by atoms with Gasteiger partial charge in [0.05, 0.1) is 12.1 Å². The van der Waals surface area contributed by atoms with Crippen molar-refractivity contribution in [3.8, 4) is 0 Å². The predicted octanol–water partition coefficient (Wildman–Crippen LogP) is 2.47. The number of rotatable bonds is 4. The smallest absolute Gasteiger partial charge is 0.276 e. The summed E-state index contributed by atoms with van der Waals surface area (Å²) in [6, 6.07) is 8.01. The van der Waals surface area contributed by atoms with E-state index in [1.54, 1.807) is 29.6 Å². The Bertz CT molecular complexity index is 1200. The molecule has 0 atom stereocenters. The average molecular weight is 358 g/mol. The van der Waals surface area contributed by atoms with E-state index in [0.29, 0.717) is 28.1 Å². The highest BCUT2D eigenvalue weighted by atomic mass is 32.1. The maximum Gasteiger partial charge on any atom is 0.352 e. The Balaban J connectivity index is 2.01. The van der Waals surface area contributed by atoms with Crippen molar-refractivity contribution in [2.24, 2.45) is 0 Å². The zero-order valence-corrected chi connectivity index (χ0v) is 14.3. The molecular formula is C17H15FN4O2S. The third kappa shape index (κ3) is 2.41. The highest BCUT2D eigenvalue weighted by Crippen LogP contribution is 2.17. The summed E-state index contributed by atoms with van der Waals surface area (Å²) in [4.78, 5) is 25.5. The highest BCUT2D eigenvalue weighted by molar-refractivity contribution is 7.17. The normalized spacial score (nSPS) is 11.6. The summed E-state index contributed by atoms with van der Waals surface area (Å²) in [7, 11) is 0. The van der Waals surface area contributed by atoms with E-state index in [1.165, 1.54) is 31.1 Å². The van der Waals surface area contributed by atoms with Crippen LogP contribution in [0.25, 0.3) is 16.0 Å². The third-order valence-electron chi connectivity index (χ3n) is 4.11. The largest absolute Gasteiger partial charge is 0.352 e. The molecule has 4 aromatic rings. The van der Waals surface area contributed by atoms with E-state index in [-0.39, 0.29) is 17.8 Å². The lowest BCUT2D eigenvalue weighted by Gasteiger charge is -2.05. The number of aryl methyl sites for hydroxylation is 1. The zero-order chi connectivity index (χ0) is 17.6. The average Bonchev–Trinajstić information content (AvgIpc) is 3.19. The fourth-order valence-corrected chi connectivity index (χ4v) is 3.77. The molecule has 0 fully saturated rings. The summed E-state index contributed by atoms with van der Waals surface area (Å²) >= 11 is 1.30. The van der Waals surface area contributed by atoms with Crippen LogP contribution in [0.1, 0.15) is 18.9 Å². The molecule has 0 aliphatic rings. The van der Waals surface area contributed by atoms with Crippen LogP contribution >= 0.6 is 11.3 Å². The van der Waals surface area contributed by atoms with Crippen molar-refractivity contribution in [3.63, 3.8) is 0 Å². The van der Waals surface area contributed by atoms with Crippen LogP contribution in [-0.2, 0) is 13.1 Å². The number of hydrogen-bond acceptors (Lipinski definition) is 4. The molecule has 1 aromatic carbocycles. The molecule has 0 spiro atoms. The van der Waals surface area contributed by atoms with Crippen LogP contribution in [0.2, 0.25) is 0 Å².